The van der Waals surface area contributed by atoms with Gasteiger partial charge in [-0.1, -0.05) is 0 Å². The van der Waals surface area contributed by atoms with Crippen LogP contribution in [0.1, 0.15) is 11.3 Å². The standard InChI is InChI=1S/C13H13N3O4S/c1-8-3-9-5-10(6-14)15-13(9)11(4-8)21(19,20)16(2)7-12(17)18/h3-5,15H,7H2,1-2H3,(H,17,18). The van der Waals surface area contributed by atoms with Crippen LogP contribution < -0.4 is 0 Å². The highest BCUT2D eigenvalue weighted by Gasteiger charge is 2.26. The summed E-state index contributed by atoms with van der Waals surface area (Å²) in [6.45, 7) is 1.10. The topological polar surface area (TPSA) is 114 Å². The highest BCUT2D eigenvalue weighted by molar-refractivity contribution is 7.89. The lowest BCUT2D eigenvalue weighted by Crippen LogP contribution is -2.32. The van der Waals surface area contributed by atoms with Crippen molar-refractivity contribution in [1.29, 1.82) is 5.26 Å². The fraction of sp³-hybridized carbons (Fsp3) is 0.231. The molecule has 0 radical (unpaired) electrons. The van der Waals surface area contributed by atoms with Crippen LogP contribution >= 0.6 is 0 Å². The molecule has 0 amide bonds. The molecule has 0 unspecified atom stereocenters. The quantitative estimate of drug-likeness (QED) is 0.876. The number of nitrogens with one attached hydrogen (secondary N) is 1. The maximum Gasteiger partial charge on any atom is 0.318 e. The molecule has 0 aliphatic carbocycles. The van der Waals surface area contributed by atoms with Gasteiger partial charge in [0.15, 0.2) is 0 Å². The van der Waals surface area contributed by atoms with Gasteiger partial charge < -0.3 is 10.1 Å². The lowest BCUT2D eigenvalue weighted by atomic mass is 10.2. The Morgan fingerprint density at radius 3 is 2.67 bits per heavy atom. The van der Waals surface area contributed by atoms with E-state index in [1.54, 1.807) is 19.1 Å². The zero-order valence-electron chi connectivity index (χ0n) is 11.4. The van der Waals surface area contributed by atoms with E-state index in [9.17, 15) is 13.2 Å². The summed E-state index contributed by atoms with van der Waals surface area (Å²) in [5.74, 6) is -1.24. The average Bonchev–Trinajstić information content (AvgIpc) is 2.79. The zero-order chi connectivity index (χ0) is 15.8. The number of nitriles is 1. The predicted octanol–water partition coefficient (Wildman–Crippen LogP) is 1.05. The van der Waals surface area contributed by atoms with E-state index >= 15 is 0 Å². The van der Waals surface area contributed by atoms with E-state index < -0.39 is 22.5 Å². The van der Waals surface area contributed by atoms with Gasteiger partial charge in [0.1, 0.15) is 23.2 Å². The minimum atomic E-state index is -3.97. The fourth-order valence-electron chi connectivity index (χ4n) is 2.06. The number of hydrogen-bond donors (Lipinski definition) is 2. The van der Waals surface area contributed by atoms with Crippen LogP contribution in [-0.2, 0) is 14.8 Å². The monoisotopic (exact) mass is 307 g/mol. The first-order chi connectivity index (χ1) is 9.75. The first kappa shape index (κ1) is 15.0. The fourth-order valence-corrected chi connectivity index (χ4v) is 3.44. The number of H-pyrrole nitrogens is 1. The van der Waals surface area contributed by atoms with Gasteiger partial charge in [-0.25, -0.2) is 8.42 Å². The number of aromatic amines is 1. The molecular formula is C13H13N3O4S. The molecule has 2 N–H and O–H groups in total. The van der Waals surface area contributed by atoms with E-state index in [0.717, 1.165) is 4.31 Å². The second-order valence-electron chi connectivity index (χ2n) is 4.68. The number of rotatable bonds is 4. The van der Waals surface area contributed by atoms with Crippen molar-refractivity contribution in [2.24, 2.45) is 0 Å². The van der Waals surface area contributed by atoms with Crippen LogP contribution in [-0.4, -0.2) is 42.4 Å². The van der Waals surface area contributed by atoms with Crippen molar-refractivity contribution in [3.8, 4) is 6.07 Å². The van der Waals surface area contributed by atoms with Gasteiger partial charge in [0.2, 0.25) is 10.0 Å². The number of aryl methyl sites for hydroxylation is 1. The maximum absolute atomic E-state index is 12.5. The highest BCUT2D eigenvalue weighted by Crippen LogP contribution is 2.27. The van der Waals surface area contributed by atoms with E-state index in [1.807, 2.05) is 6.07 Å². The Hall–Kier alpha value is -2.37. The molecule has 0 atom stereocenters. The Kier molecular flexibility index (Phi) is 3.72. The number of benzene rings is 1. The highest BCUT2D eigenvalue weighted by atomic mass is 32.2. The number of hydrogen-bond acceptors (Lipinski definition) is 4. The van der Waals surface area contributed by atoms with Crippen molar-refractivity contribution in [3.63, 3.8) is 0 Å². The third kappa shape index (κ3) is 2.74. The van der Waals surface area contributed by atoms with E-state index in [0.29, 0.717) is 16.5 Å². The number of carboxylic acids is 1. The third-order valence-electron chi connectivity index (χ3n) is 3.00. The van der Waals surface area contributed by atoms with Crippen molar-refractivity contribution in [3.05, 3.63) is 29.5 Å². The minimum absolute atomic E-state index is 0.0391. The van der Waals surface area contributed by atoms with Crippen molar-refractivity contribution < 1.29 is 18.3 Å². The molecule has 2 rings (SSSR count). The Labute approximate surface area is 121 Å². The largest absolute Gasteiger partial charge is 0.480 e. The molecule has 0 spiro atoms. The third-order valence-corrected chi connectivity index (χ3v) is 4.83. The van der Waals surface area contributed by atoms with Crippen LogP contribution in [0.4, 0.5) is 0 Å². The summed E-state index contributed by atoms with van der Waals surface area (Å²) in [6, 6.07) is 6.68. The van der Waals surface area contributed by atoms with Crippen LogP contribution in [0.25, 0.3) is 10.9 Å². The Morgan fingerprint density at radius 1 is 1.43 bits per heavy atom. The Balaban J connectivity index is 2.68. The van der Waals surface area contributed by atoms with Gasteiger partial charge in [0, 0.05) is 12.4 Å². The van der Waals surface area contributed by atoms with Crippen LogP contribution in [0, 0.1) is 18.3 Å². The van der Waals surface area contributed by atoms with Crippen LogP contribution in [0.15, 0.2) is 23.1 Å². The van der Waals surface area contributed by atoms with Crippen LogP contribution in [0.3, 0.4) is 0 Å². The smallest absolute Gasteiger partial charge is 0.318 e. The molecule has 0 saturated heterocycles. The Morgan fingerprint density at radius 2 is 2.10 bits per heavy atom. The second-order valence-corrected chi connectivity index (χ2v) is 6.69. The van der Waals surface area contributed by atoms with E-state index in [1.165, 1.54) is 13.1 Å². The SMILES string of the molecule is Cc1cc(S(=O)(=O)N(C)CC(=O)O)c2[nH]c(C#N)cc2c1. The molecule has 110 valence electrons. The first-order valence-corrected chi connectivity index (χ1v) is 7.41. The maximum atomic E-state index is 12.5. The molecule has 0 bridgehead atoms. The zero-order valence-corrected chi connectivity index (χ0v) is 12.2. The molecule has 0 aliphatic rings. The lowest BCUT2D eigenvalue weighted by molar-refractivity contribution is -0.137. The summed E-state index contributed by atoms with van der Waals surface area (Å²) in [4.78, 5) is 13.4. The van der Waals surface area contributed by atoms with Gasteiger partial charge in [-0.3, -0.25) is 4.79 Å². The summed E-state index contributed by atoms with van der Waals surface area (Å²) in [5, 5.41) is 18.2. The van der Waals surface area contributed by atoms with Crippen molar-refractivity contribution in [2.45, 2.75) is 11.8 Å². The molecule has 7 nitrogen and oxygen atoms in total. The van der Waals surface area contributed by atoms with E-state index in [4.69, 9.17) is 10.4 Å². The molecule has 8 heteroatoms. The number of sulfonamides is 1. The van der Waals surface area contributed by atoms with Gasteiger partial charge in [-0.15, -0.1) is 0 Å². The normalized spacial score (nSPS) is 11.7. The summed E-state index contributed by atoms with van der Waals surface area (Å²) in [7, 11) is -2.77. The van der Waals surface area contributed by atoms with Crippen molar-refractivity contribution in [1.82, 2.24) is 9.29 Å². The van der Waals surface area contributed by atoms with Gasteiger partial charge in [-0.05, 0) is 30.7 Å². The average molecular weight is 307 g/mol. The number of aromatic nitrogens is 1. The first-order valence-electron chi connectivity index (χ1n) is 5.97. The van der Waals surface area contributed by atoms with Crippen LogP contribution in [0.5, 0.6) is 0 Å². The van der Waals surface area contributed by atoms with Gasteiger partial charge in [0.25, 0.3) is 0 Å². The number of carbonyl (C=O) groups is 1. The second kappa shape index (κ2) is 5.20. The summed E-state index contributed by atoms with van der Waals surface area (Å²) in [5.41, 5.74) is 1.25. The number of nitrogens with zero attached hydrogens (tertiary/aromatic N) is 2. The number of fused-ring (bicyclic) bond motifs is 1. The molecule has 1 aromatic heterocycles. The van der Waals surface area contributed by atoms with Crippen LogP contribution in [0.2, 0.25) is 0 Å². The number of aliphatic carboxylic acids is 1. The van der Waals surface area contributed by atoms with Gasteiger partial charge in [-0.2, -0.15) is 9.57 Å². The molecule has 0 aliphatic heterocycles. The van der Waals surface area contributed by atoms with Gasteiger partial charge in [0.05, 0.1) is 5.52 Å². The molecular weight excluding hydrogens is 294 g/mol. The molecule has 0 fully saturated rings. The summed E-state index contributed by atoms with van der Waals surface area (Å²) >= 11 is 0. The summed E-state index contributed by atoms with van der Waals surface area (Å²) in [6.07, 6.45) is 0. The van der Waals surface area contributed by atoms with Crippen molar-refractivity contribution in [2.75, 3.05) is 13.6 Å². The molecule has 2 aromatic rings. The molecule has 0 saturated carbocycles. The van der Waals surface area contributed by atoms with Crippen molar-refractivity contribution >= 4 is 26.9 Å². The Bertz CT molecular complexity index is 861. The number of carboxylic acid groups (broad SMARTS) is 1. The molecule has 21 heavy (non-hydrogen) atoms. The van der Waals surface area contributed by atoms with E-state index in [2.05, 4.69) is 4.98 Å². The minimum Gasteiger partial charge on any atom is -0.480 e. The number of likely N-dealkylation sites (N-methyl/N-ethyl adjacent to an activating group) is 1. The molecule has 1 aromatic carbocycles. The van der Waals surface area contributed by atoms with E-state index in [-0.39, 0.29) is 10.6 Å². The predicted molar refractivity (Wildman–Crippen MR) is 75.2 cm³/mol. The van der Waals surface area contributed by atoms with Gasteiger partial charge >= 0.3 is 5.97 Å². The molecule has 1 heterocycles. The lowest BCUT2D eigenvalue weighted by Gasteiger charge is -2.16. The summed E-state index contributed by atoms with van der Waals surface area (Å²) < 4.78 is 25.7.